The molecule has 0 unspecified atom stereocenters. The van der Waals surface area contributed by atoms with E-state index in [2.05, 4.69) is 65.6 Å². The van der Waals surface area contributed by atoms with E-state index in [-0.39, 0.29) is 0 Å². The van der Waals surface area contributed by atoms with Crippen LogP contribution in [0.5, 0.6) is 0 Å². The van der Waals surface area contributed by atoms with Crippen LogP contribution in [0, 0.1) is 0 Å². The second-order valence-electron chi connectivity index (χ2n) is 9.19. The van der Waals surface area contributed by atoms with Gasteiger partial charge in [-0.25, -0.2) is 9.97 Å². The summed E-state index contributed by atoms with van der Waals surface area (Å²) in [6, 6.07) is 33.2. The van der Waals surface area contributed by atoms with Gasteiger partial charge in [0.25, 0.3) is 0 Å². The lowest BCUT2D eigenvalue weighted by atomic mass is 10.0. The van der Waals surface area contributed by atoms with E-state index in [1.807, 2.05) is 45.5 Å². The maximum Gasteiger partial charge on any atom is 0.207 e. The zero-order valence-corrected chi connectivity index (χ0v) is 19.2. The van der Waals surface area contributed by atoms with E-state index in [1.54, 1.807) is 0 Å². The topological polar surface area (TPSA) is 87.2 Å². The number of benzene rings is 5. The van der Waals surface area contributed by atoms with Crippen LogP contribution in [-0.4, -0.2) is 19.0 Å². The monoisotopic (exact) mass is 464 g/mol. The van der Waals surface area contributed by atoms with Crippen molar-refractivity contribution in [3.05, 3.63) is 97.1 Å². The van der Waals surface area contributed by atoms with Gasteiger partial charge in [-0.2, -0.15) is 0 Å². The molecule has 4 N–H and O–H groups in total. The van der Waals surface area contributed by atoms with Crippen molar-refractivity contribution in [3.8, 4) is 11.1 Å². The van der Waals surface area contributed by atoms with Crippen LogP contribution in [0.25, 0.3) is 71.3 Å². The fraction of sp³-hybridized carbons (Fsp3) is 0. The van der Waals surface area contributed by atoms with Crippen molar-refractivity contribution in [2.75, 3.05) is 11.6 Å². The largest absolute Gasteiger partial charge is 0.369 e. The van der Waals surface area contributed by atoms with Gasteiger partial charge in [-0.1, -0.05) is 78.9 Å². The third-order valence-corrected chi connectivity index (χ3v) is 7.29. The van der Waals surface area contributed by atoms with Gasteiger partial charge in [-0.15, -0.1) is 0 Å². The highest BCUT2D eigenvalue weighted by molar-refractivity contribution is 6.21. The molecule has 0 radical (unpaired) electrons. The Hall–Kier alpha value is -5.10. The lowest BCUT2D eigenvalue weighted by molar-refractivity contribution is 1.13. The number of nitrogens with two attached hydrogens (primary N) is 2. The molecule has 36 heavy (non-hydrogen) atoms. The van der Waals surface area contributed by atoms with Gasteiger partial charge in [0.15, 0.2) is 0 Å². The van der Waals surface area contributed by atoms with Crippen LogP contribution >= 0.6 is 0 Å². The van der Waals surface area contributed by atoms with Crippen LogP contribution in [0.15, 0.2) is 97.1 Å². The van der Waals surface area contributed by atoms with Crippen LogP contribution < -0.4 is 11.6 Å². The molecule has 0 saturated heterocycles. The molecule has 0 saturated carbocycles. The quantitative estimate of drug-likeness (QED) is 0.281. The minimum Gasteiger partial charge on any atom is -0.369 e. The average molecular weight is 465 g/mol. The number of aromatic nitrogens is 4. The van der Waals surface area contributed by atoms with Gasteiger partial charge in [0.1, 0.15) is 5.65 Å². The van der Waals surface area contributed by atoms with E-state index >= 15 is 0 Å². The number of hydrogen-bond acceptors (Lipinski definition) is 4. The summed E-state index contributed by atoms with van der Waals surface area (Å²) < 4.78 is 3.77. The first-order valence-electron chi connectivity index (χ1n) is 11.9. The molecule has 0 bridgehead atoms. The standard InChI is InChI=1S/C30H20N6/c31-30-33-24-13-4-3-9-23(24)29-34-26-19(10-6-14-25(26)35(29)30)20-11-5-12-21-22-16-15-17-7-1-2-8-18(17)27(22)36(32)28(20)21/h1-16H,32H2,(H2,31,33). The molecule has 3 aromatic heterocycles. The number of para-hydroxylation sites is 3. The number of anilines is 1. The number of imidazole rings is 1. The second-order valence-corrected chi connectivity index (χ2v) is 9.19. The van der Waals surface area contributed by atoms with E-state index in [9.17, 15) is 0 Å². The Bertz CT molecular complexity index is 2180. The lowest BCUT2D eigenvalue weighted by Crippen LogP contribution is -2.08. The van der Waals surface area contributed by atoms with Crippen molar-refractivity contribution in [3.63, 3.8) is 0 Å². The van der Waals surface area contributed by atoms with Crippen molar-refractivity contribution in [1.29, 1.82) is 0 Å². The Balaban J connectivity index is 1.53. The van der Waals surface area contributed by atoms with Gasteiger partial charge in [0.05, 0.1) is 27.6 Å². The van der Waals surface area contributed by atoms with E-state index in [4.69, 9.17) is 16.6 Å². The number of rotatable bonds is 1. The van der Waals surface area contributed by atoms with Crippen molar-refractivity contribution in [1.82, 2.24) is 19.0 Å². The normalized spacial score (nSPS) is 12.1. The van der Waals surface area contributed by atoms with Crippen LogP contribution in [0.1, 0.15) is 0 Å². The Kier molecular flexibility index (Phi) is 3.60. The number of nitrogens with zero attached hydrogens (tertiary/aromatic N) is 4. The molecule has 8 rings (SSSR count). The molecule has 0 amide bonds. The first-order chi connectivity index (χ1) is 17.7. The summed E-state index contributed by atoms with van der Waals surface area (Å²) in [6.45, 7) is 0. The fourth-order valence-electron chi connectivity index (χ4n) is 5.74. The van der Waals surface area contributed by atoms with Gasteiger partial charge in [-0.05, 0) is 23.6 Å². The fourth-order valence-corrected chi connectivity index (χ4v) is 5.74. The number of hydrogen-bond donors (Lipinski definition) is 2. The highest BCUT2D eigenvalue weighted by atomic mass is 15.3. The summed E-state index contributed by atoms with van der Waals surface area (Å²) in [5.41, 5.74) is 13.9. The van der Waals surface area contributed by atoms with Crippen molar-refractivity contribution >= 4 is 66.1 Å². The minimum atomic E-state index is 0.418. The third kappa shape index (κ3) is 2.35. The van der Waals surface area contributed by atoms with Crippen molar-refractivity contribution in [2.24, 2.45) is 0 Å². The number of nitrogen functional groups attached to an aromatic ring is 2. The van der Waals surface area contributed by atoms with E-state index < -0.39 is 0 Å². The first kappa shape index (κ1) is 19.2. The van der Waals surface area contributed by atoms with Crippen LogP contribution in [0.4, 0.5) is 5.95 Å². The predicted molar refractivity (Wildman–Crippen MR) is 149 cm³/mol. The highest BCUT2D eigenvalue weighted by Crippen LogP contribution is 2.40. The van der Waals surface area contributed by atoms with Crippen molar-refractivity contribution < 1.29 is 0 Å². The lowest BCUT2D eigenvalue weighted by Gasteiger charge is -2.08. The zero-order chi connectivity index (χ0) is 24.0. The molecular formula is C30H20N6. The van der Waals surface area contributed by atoms with E-state index in [0.29, 0.717) is 5.95 Å². The zero-order valence-electron chi connectivity index (χ0n) is 19.2. The maximum absolute atomic E-state index is 6.86. The molecule has 0 aliphatic carbocycles. The molecule has 5 aromatic carbocycles. The highest BCUT2D eigenvalue weighted by Gasteiger charge is 2.20. The van der Waals surface area contributed by atoms with Gasteiger partial charge >= 0.3 is 0 Å². The summed E-state index contributed by atoms with van der Waals surface area (Å²) in [5, 5.41) is 5.51. The Morgan fingerprint density at radius 3 is 2.22 bits per heavy atom. The summed E-state index contributed by atoms with van der Waals surface area (Å²) in [5.74, 6) is 7.28. The molecule has 0 atom stereocenters. The van der Waals surface area contributed by atoms with Crippen LogP contribution in [0.2, 0.25) is 0 Å². The van der Waals surface area contributed by atoms with Crippen molar-refractivity contribution in [2.45, 2.75) is 0 Å². The average Bonchev–Trinajstić information content (AvgIpc) is 3.46. The molecule has 8 aromatic rings. The van der Waals surface area contributed by atoms with Crippen LogP contribution in [-0.2, 0) is 0 Å². The predicted octanol–water partition coefficient (Wildman–Crippen LogP) is 6.26. The third-order valence-electron chi connectivity index (χ3n) is 7.29. The molecule has 3 heterocycles. The Labute approximate surface area is 205 Å². The molecule has 0 spiro atoms. The minimum absolute atomic E-state index is 0.418. The first-order valence-corrected chi connectivity index (χ1v) is 11.9. The Morgan fingerprint density at radius 2 is 1.31 bits per heavy atom. The molecule has 0 fully saturated rings. The smallest absolute Gasteiger partial charge is 0.207 e. The van der Waals surface area contributed by atoms with E-state index in [1.165, 1.54) is 5.39 Å². The van der Waals surface area contributed by atoms with E-state index in [0.717, 1.165) is 65.9 Å². The maximum atomic E-state index is 6.86. The summed E-state index contributed by atoms with van der Waals surface area (Å²) >= 11 is 0. The summed E-state index contributed by atoms with van der Waals surface area (Å²) in [6.07, 6.45) is 0. The van der Waals surface area contributed by atoms with Gasteiger partial charge in [0.2, 0.25) is 5.95 Å². The molecule has 170 valence electrons. The molecule has 0 aliphatic heterocycles. The van der Waals surface area contributed by atoms with Gasteiger partial charge < -0.3 is 11.6 Å². The van der Waals surface area contributed by atoms with Gasteiger partial charge in [0, 0.05) is 32.7 Å². The van der Waals surface area contributed by atoms with Crippen LogP contribution in [0.3, 0.4) is 0 Å². The Morgan fingerprint density at radius 1 is 0.583 bits per heavy atom. The number of fused-ring (bicyclic) bond motifs is 10. The summed E-state index contributed by atoms with van der Waals surface area (Å²) in [7, 11) is 0. The summed E-state index contributed by atoms with van der Waals surface area (Å²) in [4.78, 5) is 9.74. The van der Waals surface area contributed by atoms with Gasteiger partial charge in [-0.3, -0.25) is 9.08 Å². The molecular weight excluding hydrogens is 444 g/mol. The molecule has 6 nitrogen and oxygen atoms in total. The molecule has 6 heteroatoms. The second kappa shape index (κ2) is 6.73. The molecule has 0 aliphatic rings. The SMILES string of the molecule is Nc1nc2ccccc2c2nc3c(-c4cccc5c6ccc7ccccc7c6n(N)c45)cccc3n12.